The average Bonchev–Trinajstić information content (AvgIpc) is 2.79. The summed E-state index contributed by atoms with van der Waals surface area (Å²) < 4.78 is 0. The van der Waals surface area contributed by atoms with Crippen molar-refractivity contribution in [2.24, 2.45) is 5.92 Å². The number of nitro groups is 1. The highest BCUT2D eigenvalue weighted by atomic mass is 16.6. The van der Waals surface area contributed by atoms with Gasteiger partial charge in [-0.15, -0.1) is 0 Å². The topological polar surface area (TPSA) is 55.2 Å². The number of nitrogens with zero attached hydrogens (tertiary/aromatic N) is 1. The molecule has 1 aromatic carbocycles. The maximum absolute atomic E-state index is 10.7. The van der Waals surface area contributed by atoms with Gasteiger partial charge in [-0.25, -0.2) is 0 Å². The number of aryl methyl sites for hydroxylation is 1. The summed E-state index contributed by atoms with van der Waals surface area (Å²) in [4.78, 5) is 10.3. The number of benzene rings is 1. The van der Waals surface area contributed by atoms with E-state index in [0.717, 1.165) is 17.2 Å². The molecule has 0 bridgehead atoms. The molecule has 0 aliphatic heterocycles. The molecule has 1 saturated carbocycles. The molecule has 0 radical (unpaired) electrons. The van der Waals surface area contributed by atoms with Crippen LogP contribution in [0.25, 0.3) is 0 Å². The highest BCUT2D eigenvalue weighted by Gasteiger charge is 2.23. The molecule has 0 aromatic heterocycles. The highest BCUT2D eigenvalue weighted by molar-refractivity contribution is 5.56. The van der Waals surface area contributed by atoms with Gasteiger partial charge in [0, 0.05) is 23.9 Å². The highest BCUT2D eigenvalue weighted by Crippen LogP contribution is 2.31. The van der Waals surface area contributed by atoms with Gasteiger partial charge in [-0.2, -0.15) is 0 Å². The van der Waals surface area contributed by atoms with Crippen LogP contribution in [-0.4, -0.2) is 11.0 Å². The molecule has 98 valence electrons. The third kappa shape index (κ3) is 2.81. The Labute approximate surface area is 108 Å². The normalized spacial score (nSPS) is 23.0. The molecule has 0 saturated heterocycles. The maximum Gasteiger partial charge on any atom is 0.269 e. The van der Waals surface area contributed by atoms with Crippen molar-refractivity contribution in [2.75, 3.05) is 5.32 Å². The number of nitro benzene ring substituents is 1. The summed E-state index contributed by atoms with van der Waals surface area (Å²) in [6.45, 7) is 4.16. The van der Waals surface area contributed by atoms with Crippen LogP contribution in [0.4, 0.5) is 11.4 Å². The smallest absolute Gasteiger partial charge is 0.269 e. The van der Waals surface area contributed by atoms with Crippen LogP contribution in [0.15, 0.2) is 18.2 Å². The van der Waals surface area contributed by atoms with E-state index in [4.69, 9.17) is 0 Å². The Kier molecular flexibility index (Phi) is 3.84. The molecule has 1 fully saturated rings. The zero-order valence-corrected chi connectivity index (χ0v) is 11.0. The monoisotopic (exact) mass is 248 g/mol. The van der Waals surface area contributed by atoms with E-state index in [0.29, 0.717) is 6.04 Å². The van der Waals surface area contributed by atoms with Gasteiger partial charge in [0.2, 0.25) is 0 Å². The van der Waals surface area contributed by atoms with Crippen LogP contribution in [0.5, 0.6) is 0 Å². The molecule has 18 heavy (non-hydrogen) atoms. The van der Waals surface area contributed by atoms with Crippen LogP contribution in [0.3, 0.4) is 0 Å². The SMILES string of the molecule is CCC1CCC(Nc2ccc([N+](=O)[O-])cc2C)C1. The fourth-order valence-corrected chi connectivity index (χ4v) is 2.72. The first-order valence-corrected chi connectivity index (χ1v) is 6.61. The van der Waals surface area contributed by atoms with Crippen molar-refractivity contribution >= 4 is 11.4 Å². The molecule has 4 nitrogen and oxygen atoms in total. The van der Waals surface area contributed by atoms with Crippen molar-refractivity contribution < 1.29 is 4.92 Å². The zero-order chi connectivity index (χ0) is 13.1. The number of hydrogen-bond donors (Lipinski definition) is 1. The lowest BCUT2D eigenvalue weighted by Gasteiger charge is -2.16. The summed E-state index contributed by atoms with van der Waals surface area (Å²) in [5, 5.41) is 14.2. The van der Waals surface area contributed by atoms with Gasteiger partial charge >= 0.3 is 0 Å². The van der Waals surface area contributed by atoms with Gasteiger partial charge in [-0.3, -0.25) is 10.1 Å². The minimum Gasteiger partial charge on any atom is -0.382 e. The number of non-ortho nitro benzene ring substituents is 1. The third-order valence-electron chi connectivity index (χ3n) is 3.90. The molecule has 1 aromatic rings. The number of nitrogens with one attached hydrogen (secondary N) is 1. The summed E-state index contributed by atoms with van der Waals surface area (Å²) in [5.41, 5.74) is 2.14. The Hall–Kier alpha value is -1.58. The Bertz CT molecular complexity index is 445. The van der Waals surface area contributed by atoms with E-state index >= 15 is 0 Å². The molecule has 4 heteroatoms. The first-order valence-electron chi connectivity index (χ1n) is 6.61. The average molecular weight is 248 g/mol. The third-order valence-corrected chi connectivity index (χ3v) is 3.90. The lowest BCUT2D eigenvalue weighted by Crippen LogP contribution is -2.16. The van der Waals surface area contributed by atoms with E-state index in [1.807, 2.05) is 13.0 Å². The molecule has 2 unspecified atom stereocenters. The molecular weight excluding hydrogens is 228 g/mol. The molecule has 1 aliphatic rings. The van der Waals surface area contributed by atoms with E-state index in [9.17, 15) is 10.1 Å². The number of anilines is 1. The van der Waals surface area contributed by atoms with Crippen molar-refractivity contribution in [1.82, 2.24) is 0 Å². The molecule has 0 spiro atoms. The Balaban J connectivity index is 2.04. The molecular formula is C14H20N2O2. The lowest BCUT2D eigenvalue weighted by molar-refractivity contribution is -0.384. The van der Waals surface area contributed by atoms with E-state index in [-0.39, 0.29) is 10.6 Å². The zero-order valence-electron chi connectivity index (χ0n) is 11.0. The fraction of sp³-hybridized carbons (Fsp3) is 0.571. The van der Waals surface area contributed by atoms with E-state index < -0.39 is 0 Å². The number of rotatable bonds is 4. The molecule has 0 amide bonds. The van der Waals surface area contributed by atoms with Gasteiger partial charge in [0.1, 0.15) is 0 Å². The van der Waals surface area contributed by atoms with Gasteiger partial charge in [0.25, 0.3) is 5.69 Å². The van der Waals surface area contributed by atoms with E-state index in [1.165, 1.54) is 25.7 Å². The van der Waals surface area contributed by atoms with Gasteiger partial charge in [0.05, 0.1) is 4.92 Å². The van der Waals surface area contributed by atoms with E-state index in [2.05, 4.69) is 12.2 Å². The Morgan fingerprint density at radius 2 is 2.22 bits per heavy atom. The van der Waals surface area contributed by atoms with Crippen molar-refractivity contribution in [3.05, 3.63) is 33.9 Å². The van der Waals surface area contributed by atoms with Gasteiger partial charge in [-0.1, -0.05) is 13.3 Å². The second kappa shape index (κ2) is 5.38. The summed E-state index contributed by atoms with van der Waals surface area (Å²) in [7, 11) is 0. The van der Waals surface area contributed by atoms with Crippen molar-refractivity contribution in [2.45, 2.75) is 45.6 Å². The predicted octanol–water partition coefficient (Wildman–Crippen LogP) is 3.89. The van der Waals surface area contributed by atoms with Crippen LogP contribution < -0.4 is 5.32 Å². The lowest BCUT2D eigenvalue weighted by atomic mass is 10.1. The van der Waals surface area contributed by atoms with E-state index in [1.54, 1.807) is 12.1 Å². The fourth-order valence-electron chi connectivity index (χ4n) is 2.72. The second-order valence-electron chi connectivity index (χ2n) is 5.18. The van der Waals surface area contributed by atoms with Gasteiger partial charge in [0.15, 0.2) is 0 Å². The Morgan fingerprint density at radius 3 is 2.78 bits per heavy atom. The molecule has 1 aliphatic carbocycles. The Morgan fingerprint density at radius 1 is 1.44 bits per heavy atom. The minimum atomic E-state index is -0.348. The number of hydrogen-bond acceptors (Lipinski definition) is 3. The van der Waals surface area contributed by atoms with Crippen molar-refractivity contribution in [3.63, 3.8) is 0 Å². The molecule has 0 heterocycles. The first kappa shape index (κ1) is 12.9. The summed E-state index contributed by atoms with van der Waals surface area (Å²) in [6.07, 6.45) is 4.96. The maximum atomic E-state index is 10.7. The van der Waals surface area contributed by atoms with Crippen LogP contribution in [0.2, 0.25) is 0 Å². The minimum absolute atomic E-state index is 0.163. The van der Waals surface area contributed by atoms with Gasteiger partial charge < -0.3 is 5.32 Å². The van der Waals surface area contributed by atoms with Crippen LogP contribution >= 0.6 is 0 Å². The molecule has 1 N–H and O–H groups in total. The standard InChI is InChI=1S/C14H20N2O2/c1-3-11-4-5-12(9-11)15-14-7-6-13(16(17)18)8-10(14)2/h6-8,11-12,15H,3-5,9H2,1-2H3. The summed E-state index contributed by atoms with van der Waals surface area (Å²) >= 11 is 0. The molecule has 2 rings (SSSR count). The quantitative estimate of drug-likeness (QED) is 0.649. The first-order chi connectivity index (χ1) is 8.60. The van der Waals surface area contributed by atoms with Crippen molar-refractivity contribution in [3.8, 4) is 0 Å². The van der Waals surface area contributed by atoms with Crippen LogP contribution in [0.1, 0.15) is 38.2 Å². The van der Waals surface area contributed by atoms with Crippen LogP contribution in [0, 0.1) is 23.0 Å². The summed E-state index contributed by atoms with van der Waals surface area (Å²) in [6, 6.07) is 5.55. The second-order valence-corrected chi connectivity index (χ2v) is 5.18. The van der Waals surface area contributed by atoms with Crippen LogP contribution in [-0.2, 0) is 0 Å². The molecule has 2 atom stereocenters. The predicted molar refractivity (Wildman–Crippen MR) is 72.9 cm³/mol. The largest absolute Gasteiger partial charge is 0.382 e. The van der Waals surface area contributed by atoms with Crippen molar-refractivity contribution in [1.29, 1.82) is 0 Å². The summed E-state index contributed by atoms with van der Waals surface area (Å²) in [5.74, 6) is 0.834. The van der Waals surface area contributed by atoms with Gasteiger partial charge in [-0.05, 0) is 43.7 Å².